The van der Waals surface area contributed by atoms with Crippen molar-refractivity contribution in [2.45, 2.75) is 83.9 Å². The van der Waals surface area contributed by atoms with Crippen molar-refractivity contribution in [3.05, 3.63) is 0 Å². The molecule has 1 saturated carbocycles. The Kier molecular flexibility index (Phi) is 7.35. The summed E-state index contributed by atoms with van der Waals surface area (Å²) < 4.78 is 39.4. The predicted molar refractivity (Wildman–Crippen MR) is 77.4 cm³/mol. The van der Waals surface area contributed by atoms with Crippen LogP contribution in [0.25, 0.3) is 0 Å². The van der Waals surface area contributed by atoms with Crippen LogP contribution in [0.5, 0.6) is 0 Å². The Hall–Kier alpha value is -0.250. The molecule has 20 heavy (non-hydrogen) atoms. The van der Waals surface area contributed by atoms with Crippen LogP contribution in [-0.4, -0.2) is 12.2 Å². The minimum absolute atomic E-state index is 0.271. The lowest BCUT2D eigenvalue weighted by Gasteiger charge is -2.37. The van der Waals surface area contributed by atoms with Crippen LogP contribution in [0.1, 0.15) is 71.6 Å². The first kappa shape index (κ1) is 17.8. The summed E-state index contributed by atoms with van der Waals surface area (Å²) in [6.07, 6.45) is 3.61. The summed E-state index contributed by atoms with van der Waals surface area (Å²) in [4.78, 5) is 0. The first-order valence-electron chi connectivity index (χ1n) is 8.22. The maximum Gasteiger partial charge on any atom is 0.392 e. The highest BCUT2D eigenvalue weighted by molar-refractivity contribution is 4.87. The lowest BCUT2D eigenvalue weighted by atomic mass is 9.72. The van der Waals surface area contributed by atoms with E-state index in [0.29, 0.717) is 18.8 Å². The first-order valence-corrected chi connectivity index (χ1v) is 8.22. The molecule has 1 rings (SSSR count). The lowest BCUT2D eigenvalue weighted by Crippen LogP contribution is -2.44. The van der Waals surface area contributed by atoms with Gasteiger partial charge < -0.3 is 5.73 Å². The van der Waals surface area contributed by atoms with Crippen LogP contribution in [-0.2, 0) is 0 Å². The number of halogens is 3. The molecule has 0 aromatic rings. The third-order valence-electron chi connectivity index (χ3n) is 4.94. The van der Waals surface area contributed by atoms with Gasteiger partial charge in [0.25, 0.3) is 0 Å². The smallest absolute Gasteiger partial charge is 0.327 e. The highest BCUT2D eigenvalue weighted by Crippen LogP contribution is 2.43. The second-order valence-electron chi connectivity index (χ2n) is 6.41. The molecule has 0 saturated heterocycles. The van der Waals surface area contributed by atoms with Gasteiger partial charge in [0.2, 0.25) is 0 Å². The average Bonchev–Trinajstić information content (AvgIpc) is 2.42. The number of rotatable bonds is 7. The fourth-order valence-corrected chi connectivity index (χ4v) is 3.62. The van der Waals surface area contributed by atoms with Gasteiger partial charge in [-0.2, -0.15) is 13.2 Å². The molecule has 0 aliphatic heterocycles. The molecule has 1 aliphatic carbocycles. The van der Waals surface area contributed by atoms with Gasteiger partial charge >= 0.3 is 6.18 Å². The van der Waals surface area contributed by atoms with Crippen LogP contribution >= 0.6 is 0 Å². The van der Waals surface area contributed by atoms with Crippen molar-refractivity contribution in [3.63, 3.8) is 0 Å². The highest BCUT2D eigenvalue weighted by atomic mass is 19.4. The van der Waals surface area contributed by atoms with E-state index in [2.05, 4.69) is 13.8 Å². The van der Waals surface area contributed by atoms with Gasteiger partial charge in [-0.05, 0) is 31.1 Å². The molecule has 0 radical (unpaired) electrons. The minimum atomic E-state index is -4.08. The Labute approximate surface area is 121 Å². The van der Waals surface area contributed by atoms with E-state index in [4.69, 9.17) is 5.73 Å². The molecule has 120 valence electrons. The molecule has 4 heteroatoms. The van der Waals surface area contributed by atoms with E-state index >= 15 is 0 Å². The second-order valence-corrected chi connectivity index (χ2v) is 6.41. The van der Waals surface area contributed by atoms with Crippen molar-refractivity contribution in [3.8, 4) is 0 Å². The summed E-state index contributed by atoms with van der Waals surface area (Å²) in [5, 5.41) is 0. The summed E-state index contributed by atoms with van der Waals surface area (Å²) in [6, 6.07) is -0.288. The molecule has 1 nitrogen and oxygen atoms in total. The summed E-state index contributed by atoms with van der Waals surface area (Å²) in [5.74, 6) is -1.05. The van der Waals surface area contributed by atoms with Gasteiger partial charge in [0.05, 0.1) is 5.92 Å². The number of alkyl halides is 3. The SMILES string of the molecule is CCCCC(CC)CC(N)C1CCCCC1C(F)(F)F. The van der Waals surface area contributed by atoms with Gasteiger partial charge in [0.1, 0.15) is 0 Å². The van der Waals surface area contributed by atoms with E-state index in [1.165, 1.54) is 0 Å². The van der Waals surface area contributed by atoms with Crippen molar-refractivity contribution >= 4 is 0 Å². The summed E-state index contributed by atoms with van der Waals surface area (Å²) >= 11 is 0. The van der Waals surface area contributed by atoms with Gasteiger partial charge in [0, 0.05) is 6.04 Å². The normalized spacial score (nSPS) is 27.3. The fraction of sp³-hybridized carbons (Fsp3) is 1.00. The molecule has 4 atom stereocenters. The van der Waals surface area contributed by atoms with Crippen LogP contribution in [0, 0.1) is 17.8 Å². The number of hydrogen-bond donors (Lipinski definition) is 1. The molecule has 0 amide bonds. The quantitative estimate of drug-likeness (QED) is 0.678. The van der Waals surface area contributed by atoms with E-state index in [1.807, 2.05) is 0 Å². The van der Waals surface area contributed by atoms with Crippen molar-refractivity contribution < 1.29 is 13.2 Å². The molecule has 1 fully saturated rings. The van der Waals surface area contributed by atoms with Crippen LogP contribution in [0.15, 0.2) is 0 Å². The Bertz CT molecular complexity index is 265. The fourth-order valence-electron chi connectivity index (χ4n) is 3.62. The molecule has 2 N–H and O–H groups in total. The summed E-state index contributed by atoms with van der Waals surface area (Å²) in [6.45, 7) is 4.27. The molecule has 0 bridgehead atoms. The van der Waals surface area contributed by atoms with Crippen molar-refractivity contribution in [1.29, 1.82) is 0 Å². The topological polar surface area (TPSA) is 26.0 Å². The standard InChI is InChI=1S/C16H30F3N/c1-3-5-8-12(4-2)11-15(20)13-9-6-7-10-14(13)16(17,18)19/h12-15H,3-11,20H2,1-2H3. The van der Waals surface area contributed by atoms with Gasteiger partial charge in [-0.3, -0.25) is 0 Å². The Balaban J connectivity index is 2.60. The van der Waals surface area contributed by atoms with E-state index < -0.39 is 12.1 Å². The van der Waals surface area contributed by atoms with E-state index in [9.17, 15) is 13.2 Å². The lowest BCUT2D eigenvalue weighted by molar-refractivity contribution is -0.198. The zero-order chi connectivity index (χ0) is 15.2. The molecule has 1 aliphatic rings. The molecule has 0 aromatic heterocycles. The number of hydrogen-bond acceptors (Lipinski definition) is 1. The largest absolute Gasteiger partial charge is 0.392 e. The van der Waals surface area contributed by atoms with Crippen LogP contribution in [0.4, 0.5) is 13.2 Å². The van der Waals surface area contributed by atoms with E-state index in [0.717, 1.165) is 38.5 Å². The summed E-state index contributed by atoms with van der Waals surface area (Å²) in [7, 11) is 0. The van der Waals surface area contributed by atoms with E-state index in [-0.39, 0.29) is 18.4 Å². The van der Waals surface area contributed by atoms with Crippen LogP contribution in [0.3, 0.4) is 0 Å². The maximum absolute atomic E-state index is 13.1. The van der Waals surface area contributed by atoms with Crippen molar-refractivity contribution in [2.75, 3.05) is 0 Å². The van der Waals surface area contributed by atoms with Gasteiger partial charge in [-0.25, -0.2) is 0 Å². The van der Waals surface area contributed by atoms with Crippen molar-refractivity contribution in [2.24, 2.45) is 23.5 Å². The third-order valence-corrected chi connectivity index (χ3v) is 4.94. The second kappa shape index (κ2) is 8.26. The zero-order valence-corrected chi connectivity index (χ0v) is 12.9. The molecular formula is C16H30F3N. The van der Waals surface area contributed by atoms with Gasteiger partial charge in [-0.15, -0.1) is 0 Å². The zero-order valence-electron chi connectivity index (χ0n) is 12.9. The third kappa shape index (κ3) is 5.27. The Morgan fingerprint density at radius 3 is 2.35 bits per heavy atom. The molecule has 4 unspecified atom stereocenters. The number of nitrogens with two attached hydrogens (primary N) is 1. The van der Waals surface area contributed by atoms with Gasteiger partial charge in [-0.1, -0.05) is 52.4 Å². The van der Waals surface area contributed by atoms with Crippen LogP contribution in [0.2, 0.25) is 0 Å². The van der Waals surface area contributed by atoms with Crippen LogP contribution < -0.4 is 5.73 Å². The summed E-state index contributed by atoms with van der Waals surface area (Å²) in [5.41, 5.74) is 6.18. The maximum atomic E-state index is 13.1. The molecule has 0 aromatic carbocycles. The monoisotopic (exact) mass is 293 g/mol. The van der Waals surface area contributed by atoms with Crippen molar-refractivity contribution in [1.82, 2.24) is 0 Å². The molecular weight excluding hydrogens is 263 g/mol. The predicted octanol–water partition coefficient (Wildman–Crippen LogP) is 5.29. The Morgan fingerprint density at radius 1 is 1.15 bits per heavy atom. The first-order chi connectivity index (χ1) is 9.40. The minimum Gasteiger partial charge on any atom is -0.327 e. The molecule has 0 spiro atoms. The Morgan fingerprint density at radius 2 is 1.80 bits per heavy atom. The highest BCUT2D eigenvalue weighted by Gasteiger charge is 2.47. The van der Waals surface area contributed by atoms with E-state index in [1.54, 1.807) is 0 Å². The molecule has 0 heterocycles. The number of unbranched alkanes of at least 4 members (excludes halogenated alkanes) is 1. The van der Waals surface area contributed by atoms with Gasteiger partial charge in [0.15, 0.2) is 0 Å². The average molecular weight is 293 g/mol.